The predicted octanol–water partition coefficient (Wildman–Crippen LogP) is 1.06. The molecule has 1 unspecified atom stereocenters. The number of hydrogen-bond acceptors (Lipinski definition) is 6. The number of nitriles is 1. The highest BCUT2D eigenvalue weighted by atomic mass is 19.1. The third-order valence-corrected chi connectivity index (χ3v) is 4.08. The fourth-order valence-electron chi connectivity index (χ4n) is 2.17. The second-order valence-electron chi connectivity index (χ2n) is 6.63. The lowest BCUT2D eigenvalue weighted by Crippen LogP contribution is -2.51. The molecule has 29 heavy (non-hydrogen) atoms. The Balaban J connectivity index is 2.69. The molecule has 0 spiro atoms. The summed E-state index contributed by atoms with van der Waals surface area (Å²) in [5, 5.41) is 23.3. The molecule has 9 nitrogen and oxygen atoms in total. The van der Waals surface area contributed by atoms with Crippen LogP contribution in [0.5, 0.6) is 5.75 Å². The molecule has 1 aromatic carbocycles. The van der Waals surface area contributed by atoms with Gasteiger partial charge < -0.3 is 20.1 Å². The van der Waals surface area contributed by atoms with Gasteiger partial charge in [-0.3, -0.25) is 20.3 Å². The molecule has 0 radical (unpaired) electrons. The van der Waals surface area contributed by atoms with Crippen molar-refractivity contribution >= 4 is 17.6 Å². The van der Waals surface area contributed by atoms with Crippen LogP contribution in [0.4, 0.5) is 4.39 Å². The summed E-state index contributed by atoms with van der Waals surface area (Å²) in [5.74, 6) is -1.29. The molecule has 1 amide bonds. The Labute approximate surface area is 169 Å². The van der Waals surface area contributed by atoms with Crippen molar-refractivity contribution in [3.63, 3.8) is 0 Å². The second-order valence-corrected chi connectivity index (χ2v) is 6.63. The minimum absolute atomic E-state index is 0.158. The van der Waals surface area contributed by atoms with Crippen molar-refractivity contribution in [2.75, 3.05) is 20.3 Å². The predicted molar refractivity (Wildman–Crippen MR) is 104 cm³/mol. The van der Waals surface area contributed by atoms with E-state index in [1.807, 2.05) is 0 Å². The van der Waals surface area contributed by atoms with Crippen LogP contribution in [-0.2, 0) is 14.3 Å². The molecule has 1 rings (SSSR count). The summed E-state index contributed by atoms with van der Waals surface area (Å²) in [5.41, 5.74) is -1.13. The second kappa shape index (κ2) is 11.6. The number of ketones is 1. The van der Waals surface area contributed by atoms with Crippen molar-refractivity contribution in [2.45, 2.75) is 38.3 Å². The van der Waals surface area contributed by atoms with Crippen LogP contribution in [0.1, 0.15) is 26.7 Å². The Morgan fingerprint density at radius 3 is 2.72 bits per heavy atom. The van der Waals surface area contributed by atoms with Gasteiger partial charge in [0.1, 0.15) is 23.8 Å². The van der Waals surface area contributed by atoms with Gasteiger partial charge in [0, 0.05) is 19.7 Å². The largest absolute Gasteiger partial charge is 0.486 e. The number of methoxy groups -OCH3 is 1. The van der Waals surface area contributed by atoms with Crippen molar-refractivity contribution < 1.29 is 23.5 Å². The Hall–Kier alpha value is -3.19. The molecule has 1 aromatic rings. The molecule has 0 fully saturated rings. The van der Waals surface area contributed by atoms with Gasteiger partial charge in [-0.2, -0.15) is 5.26 Å². The zero-order chi connectivity index (χ0) is 21.9. The fraction of sp³-hybridized carbons (Fsp3) is 0.474. The maximum atomic E-state index is 13.2. The van der Waals surface area contributed by atoms with Gasteiger partial charge in [-0.05, 0) is 38.8 Å². The van der Waals surface area contributed by atoms with Crippen LogP contribution < -0.4 is 20.7 Å². The van der Waals surface area contributed by atoms with E-state index < -0.39 is 23.4 Å². The van der Waals surface area contributed by atoms with E-state index in [2.05, 4.69) is 16.0 Å². The number of ether oxygens (including phenoxy) is 2. The summed E-state index contributed by atoms with van der Waals surface area (Å²) in [7, 11) is 1.39. The SMILES string of the molecule is COC(C)(C)C(=O)NC(CCCNC(=N)NC#N)C(=O)COc1cccc(F)c1. The van der Waals surface area contributed by atoms with Crippen molar-refractivity contribution in [3.8, 4) is 11.9 Å². The monoisotopic (exact) mass is 407 g/mol. The van der Waals surface area contributed by atoms with Crippen molar-refractivity contribution in [3.05, 3.63) is 30.1 Å². The molecule has 0 heterocycles. The minimum Gasteiger partial charge on any atom is -0.486 e. The quantitative estimate of drug-likeness (QED) is 0.142. The first kappa shape index (κ1) is 23.8. The van der Waals surface area contributed by atoms with E-state index in [0.29, 0.717) is 13.0 Å². The number of amides is 1. The van der Waals surface area contributed by atoms with Gasteiger partial charge >= 0.3 is 0 Å². The standard InChI is InChI=1S/C19H26FN5O4/c1-19(2,28-3)17(27)25-15(8-5-9-23-18(22)24-12-21)16(26)11-29-14-7-4-6-13(20)10-14/h4,6-7,10,15H,5,8-9,11H2,1-3H3,(H,25,27)(H3,22,23,24). The number of halogens is 1. The molecule has 0 saturated carbocycles. The number of carbonyl (C=O) groups excluding carboxylic acids is 2. The molecule has 4 N–H and O–H groups in total. The number of nitrogens with one attached hydrogen (secondary N) is 4. The lowest BCUT2D eigenvalue weighted by Gasteiger charge is -2.26. The molecule has 0 aliphatic heterocycles. The molecule has 0 bridgehead atoms. The van der Waals surface area contributed by atoms with Gasteiger partial charge in [0.25, 0.3) is 5.91 Å². The highest BCUT2D eigenvalue weighted by molar-refractivity contribution is 5.92. The van der Waals surface area contributed by atoms with E-state index in [1.165, 1.54) is 25.3 Å². The lowest BCUT2D eigenvalue weighted by molar-refractivity contribution is -0.142. The van der Waals surface area contributed by atoms with Crippen LogP contribution >= 0.6 is 0 Å². The van der Waals surface area contributed by atoms with Crippen LogP contribution in [0.15, 0.2) is 24.3 Å². The van der Waals surface area contributed by atoms with E-state index in [1.54, 1.807) is 20.0 Å². The Morgan fingerprint density at radius 2 is 2.10 bits per heavy atom. The first-order valence-corrected chi connectivity index (χ1v) is 8.94. The van der Waals surface area contributed by atoms with Gasteiger partial charge in [0.2, 0.25) is 5.96 Å². The van der Waals surface area contributed by atoms with Crippen LogP contribution in [-0.4, -0.2) is 49.6 Å². The summed E-state index contributed by atoms with van der Waals surface area (Å²) in [4.78, 5) is 25.0. The molecule has 0 aliphatic rings. The Morgan fingerprint density at radius 1 is 1.38 bits per heavy atom. The molecule has 10 heteroatoms. The fourth-order valence-corrected chi connectivity index (χ4v) is 2.17. The molecule has 1 atom stereocenters. The van der Waals surface area contributed by atoms with Crippen molar-refractivity contribution in [1.82, 2.24) is 16.0 Å². The Kier molecular flexibility index (Phi) is 9.55. The van der Waals surface area contributed by atoms with E-state index in [-0.39, 0.29) is 30.5 Å². The number of Topliss-reactive ketones (excluding diaryl/α,β-unsaturated/α-hetero) is 1. The number of rotatable bonds is 11. The zero-order valence-corrected chi connectivity index (χ0v) is 16.7. The maximum absolute atomic E-state index is 13.2. The first-order valence-electron chi connectivity index (χ1n) is 8.94. The third kappa shape index (κ3) is 8.57. The molecular formula is C19H26FN5O4. The summed E-state index contributed by atoms with van der Waals surface area (Å²) < 4.78 is 23.7. The van der Waals surface area contributed by atoms with E-state index in [4.69, 9.17) is 20.1 Å². The number of carbonyl (C=O) groups is 2. The van der Waals surface area contributed by atoms with E-state index in [0.717, 1.165) is 6.07 Å². The van der Waals surface area contributed by atoms with Crippen LogP contribution in [0.2, 0.25) is 0 Å². The van der Waals surface area contributed by atoms with Gasteiger partial charge in [0.15, 0.2) is 12.0 Å². The van der Waals surface area contributed by atoms with Gasteiger partial charge in [-0.25, -0.2) is 4.39 Å². The smallest absolute Gasteiger partial charge is 0.252 e. The number of hydrogen-bond donors (Lipinski definition) is 4. The molecule has 0 aromatic heterocycles. The van der Waals surface area contributed by atoms with Gasteiger partial charge in [-0.1, -0.05) is 6.07 Å². The summed E-state index contributed by atoms with van der Waals surface area (Å²) >= 11 is 0. The molecule has 158 valence electrons. The molecule has 0 saturated heterocycles. The van der Waals surface area contributed by atoms with Crippen molar-refractivity contribution in [2.24, 2.45) is 0 Å². The molecular weight excluding hydrogens is 381 g/mol. The highest BCUT2D eigenvalue weighted by Gasteiger charge is 2.31. The first-order chi connectivity index (χ1) is 13.7. The average Bonchev–Trinajstić information content (AvgIpc) is 2.68. The minimum atomic E-state index is -1.13. The summed E-state index contributed by atoms with van der Waals surface area (Å²) in [6.45, 7) is 3.11. The highest BCUT2D eigenvalue weighted by Crippen LogP contribution is 2.13. The summed E-state index contributed by atoms with van der Waals surface area (Å²) in [6.07, 6.45) is 2.31. The van der Waals surface area contributed by atoms with Crippen LogP contribution in [0, 0.1) is 22.7 Å². The molecule has 0 aliphatic carbocycles. The van der Waals surface area contributed by atoms with Crippen molar-refractivity contribution in [1.29, 1.82) is 10.7 Å². The van der Waals surface area contributed by atoms with Gasteiger partial charge in [0.05, 0.1) is 6.04 Å². The van der Waals surface area contributed by atoms with Crippen LogP contribution in [0.25, 0.3) is 0 Å². The average molecular weight is 407 g/mol. The Bertz CT molecular complexity index is 763. The van der Waals surface area contributed by atoms with E-state index >= 15 is 0 Å². The maximum Gasteiger partial charge on any atom is 0.252 e. The topological polar surface area (TPSA) is 136 Å². The summed E-state index contributed by atoms with van der Waals surface area (Å²) in [6, 6.07) is 4.55. The third-order valence-electron chi connectivity index (χ3n) is 4.08. The normalized spacial score (nSPS) is 11.7. The number of nitrogens with zero attached hydrogens (tertiary/aromatic N) is 1. The lowest BCUT2D eigenvalue weighted by atomic mass is 10.0. The number of benzene rings is 1. The van der Waals surface area contributed by atoms with E-state index in [9.17, 15) is 14.0 Å². The van der Waals surface area contributed by atoms with Crippen LogP contribution in [0.3, 0.4) is 0 Å². The van der Waals surface area contributed by atoms with Gasteiger partial charge in [-0.15, -0.1) is 0 Å². The number of guanidine groups is 1. The zero-order valence-electron chi connectivity index (χ0n) is 16.7.